The van der Waals surface area contributed by atoms with Crippen molar-refractivity contribution in [1.82, 2.24) is 15.1 Å². The molecule has 2 saturated carbocycles. The number of carbonyl (C=O) groups excluding carboxylic acids is 1. The lowest BCUT2D eigenvalue weighted by atomic mass is 9.60. The standard InChI is InChI=1S/C15H23N3O2/c1-2-20-13-10-12(15(13)6-3-4-7-15)17-14(19)11-18-9-5-8-16-18/h5,8-9,12-13H,2-4,6-7,10-11H2,1H3,(H,17,19). The number of aromatic nitrogens is 2. The van der Waals surface area contributed by atoms with Gasteiger partial charge in [-0.15, -0.1) is 0 Å². The van der Waals surface area contributed by atoms with Crippen molar-refractivity contribution in [3.05, 3.63) is 18.5 Å². The zero-order valence-electron chi connectivity index (χ0n) is 12.0. The minimum absolute atomic E-state index is 0.0555. The fourth-order valence-electron chi connectivity index (χ4n) is 3.87. The quantitative estimate of drug-likeness (QED) is 0.892. The summed E-state index contributed by atoms with van der Waals surface area (Å²) in [7, 11) is 0. The lowest BCUT2D eigenvalue weighted by Crippen LogP contribution is -2.64. The Balaban J connectivity index is 1.59. The van der Waals surface area contributed by atoms with Crippen molar-refractivity contribution in [1.29, 1.82) is 0 Å². The Morgan fingerprint density at radius 2 is 2.30 bits per heavy atom. The van der Waals surface area contributed by atoms with Crippen LogP contribution in [-0.2, 0) is 16.1 Å². The maximum atomic E-state index is 12.1. The third-order valence-corrected chi connectivity index (χ3v) is 4.89. The number of carbonyl (C=O) groups is 1. The SMILES string of the molecule is CCOC1CC(NC(=O)Cn2cccn2)C12CCCC2. The molecule has 0 aromatic carbocycles. The van der Waals surface area contributed by atoms with E-state index in [1.165, 1.54) is 25.7 Å². The van der Waals surface area contributed by atoms with Gasteiger partial charge in [0.2, 0.25) is 5.91 Å². The molecule has 1 heterocycles. The van der Waals surface area contributed by atoms with E-state index in [0.717, 1.165) is 13.0 Å². The van der Waals surface area contributed by atoms with Crippen LogP contribution in [-0.4, -0.2) is 34.4 Å². The van der Waals surface area contributed by atoms with Gasteiger partial charge in [-0.25, -0.2) is 0 Å². The Morgan fingerprint density at radius 1 is 1.50 bits per heavy atom. The molecule has 0 saturated heterocycles. The zero-order chi connectivity index (χ0) is 14.0. The van der Waals surface area contributed by atoms with Gasteiger partial charge in [-0.1, -0.05) is 12.8 Å². The highest BCUT2D eigenvalue weighted by molar-refractivity contribution is 5.76. The van der Waals surface area contributed by atoms with Crippen LogP contribution in [0.3, 0.4) is 0 Å². The van der Waals surface area contributed by atoms with Gasteiger partial charge in [-0.3, -0.25) is 9.48 Å². The third kappa shape index (κ3) is 2.35. The van der Waals surface area contributed by atoms with Gasteiger partial charge in [0.15, 0.2) is 0 Å². The Labute approximate surface area is 119 Å². The normalized spacial score (nSPS) is 27.4. The molecule has 0 aliphatic heterocycles. The van der Waals surface area contributed by atoms with Crippen LogP contribution in [0.25, 0.3) is 0 Å². The van der Waals surface area contributed by atoms with E-state index >= 15 is 0 Å². The molecular weight excluding hydrogens is 254 g/mol. The molecule has 1 N–H and O–H groups in total. The van der Waals surface area contributed by atoms with Crippen LogP contribution in [0.4, 0.5) is 0 Å². The largest absolute Gasteiger partial charge is 0.378 e. The van der Waals surface area contributed by atoms with E-state index in [2.05, 4.69) is 10.4 Å². The highest BCUT2D eigenvalue weighted by Crippen LogP contribution is 2.54. The number of nitrogens with one attached hydrogen (secondary N) is 1. The lowest BCUT2D eigenvalue weighted by Gasteiger charge is -2.54. The van der Waals surface area contributed by atoms with Crippen molar-refractivity contribution in [2.75, 3.05) is 6.61 Å². The Hall–Kier alpha value is -1.36. The fourth-order valence-corrected chi connectivity index (χ4v) is 3.87. The van der Waals surface area contributed by atoms with Crippen LogP contribution in [0.15, 0.2) is 18.5 Å². The smallest absolute Gasteiger partial charge is 0.241 e. The summed E-state index contributed by atoms with van der Waals surface area (Å²) in [5.74, 6) is 0.0555. The molecular formula is C15H23N3O2. The van der Waals surface area contributed by atoms with Crippen LogP contribution < -0.4 is 5.32 Å². The molecule has 3 rings (SSSR count). The average molecular weight is 277 g/mol. The predicted molar refractivity (Wildman–Crippen MR) is 75.1 cm³/mol. The molecule has 110 valence electrons. The number of ether oxygens (including phenoxy) is 1. The van der Waals surface area contributed by atoms with Crippen molar-refractivity contribution in [3.63, 3.8) is 0 Å². The molecule has 2 aliphatic rings. The van der Waals surface area contributed by atoms with Crippen molar-refractivity contribution in [2.45, 2.75) is 57.7 Å². The predicted octanol–water partition coefficient (Wildman–Crippen LogP) is 1.74. The van der Waals surface area contributed by atoms with Gasteiger partial charge < -0.3 is 10.1 Å². The van der Waals surface area contributed by atoms with E-state index in [9.17, 15) is 4.79 Å². The molecule has 20 heavy (non-hydrogen) atoms. The molecule has 1 amide bonds. The number of rotatable bonds is 5. The second-order valence-electron chi connectivity index (χ2n) is 5.94. The first-order valence-corrected chi connectivity index (χ1v) is 7.63. The molecule has 2 aliphatic carbocycles. The zero-order valence-corrected chi connectivity index (χ0v) is 12.0. The van der Waals surface area contributed by atoms with Gasteiger partial charge in [0.05, 0.1) is 6.10 Å². The monoisotopic (exact) mass is 277 g/mol. The van der Waals surface area contributed by atoms with Crippen molar-refractivity contribution in [2.24, 2.45) is 5.41 Å². The number of amides is 1. The van der Waals surface area contributed by atoms with Crippen LogP contribution in [0.2, 0.25) is 0 Å². The topological polar surface area (TPSA) is 56.1 Å². The minimum atomic E-state index is 0.0555. The van der Waals surface area contributed by atoms with E-state index in [1.807, 2.05) is 19.2 Å². The van der Waals surface area contributed by atoms with Crippen molar-refractivity contribution in [3.8, 4) is 0 Å². The van der Waals surface area contributed by atoms with E-state index in [0.29, 0.717) is 12.6 Å². The maximum absolute atomic E-state index is 12.1. The summed E-state index contributed by atoms with van der Waals surface area (Å²) in [5.41, 5.74) is 0.204. The first-order valence-electron chi connectivity index (χ1n) is 7.63. The summed E-state index contributed by atoms with van der Waals surface area (Å²) in [6.45, 7) is 3.12. The first-order chi connectivity index (χ1) is 9.74. The summed E-state index contributed by atoms with van der Waals surface area (Å²) in [5, 5.41) is 7.27. The fraction of sp³-hybridized carbons (Fsp3) is 0.733. The molecule has 1 aromatic heterocycles. The Kier molecular flexibility index (Phi) is 3.78. The summed E-state index contributed by atoms with van der Waals surface area (Å²) in [4.78, 5) is 12.1. The van der Waals surface area contributed by atoms with Crippen LogP contribution in [0, 0.1) is 5.41 Å². The molecule has 0 radical (unpaired) electrons. The summed E-state index contributed by atoms with van der Waals surface area (Å²) in [6, 6.07) is 2.12. The maximum Gasteiger partial charge on any atom is 0.241 e. The Morgan fingerprint density at radius 3 is 2.95 bits per heavy atom. The third-order valence-electron chi connectivity index (χ3n) is 4.89. The first kappa shape index (κ1) is 13.6. The molecule has 0 bridgehead atoms. The molecule has 2 unspecified atom stereocenters. The van der Waals surface area contributed by atoms with Gasteiger partial charge in [-0.05, 0) is 32.3 Å². The molecule has 2 fully saturated rings. The van der Waals surface area contributed by atoms with Gasteiger partial charge in [0, 0.05) is 30.5 Å². The van der Waals surface area contributed by atoms with E-state index in [1.54, 1.807) is 10.9 Å². The van der Waals surface area contributed by atoms with Gasteiger partial charge in [-0.2, -0.15) is 5.10 Å². The molecule has 1 spiro atoms. The molecule has 5 nitrogen and oxygen atoms in total. The lowest BCUT2D eigenvalue weighted by molar-refractivity contribution is -0.144. The Bertz CT molecular complexity index is 452. The second-order valence-corrected chi connectivity index (χ2v) is 5.94. The summed E-state index contributed by atoms with van der Waals surface area (Å²) < 4.78 is 7.53. The molecule has 1 aromatic rings. The number of hydrogen-bond donors (Lipinski definition) is 1. The van der Waals surface area contributed by atoms with Gasteiger partial charge in [0.1, 0.15) is 6.54 Å². The van der Waals surface area contributed by atoms with Gasteiger partial charge >= 0.3 is 0 Å². The van der Waals surface area contributed by atoms with Crippen LogP contribution in [0.5, 0.6) is 0 Å². The number of hydrogen-bond acceptors (Lipinski definition) is 3. The van der Waals surface area contributed by atoms with Crippen LogP contribution in [0.1, 0.15) is 39.0 Å². The van der Waals surface area contributed by atoms with Gasteiger partial charge in [0.25, 0.3) is 0 Å². The van der Waals surface area contributed by atoms with Crippen molar-refractivity contribution >= 4 is 5.91 Å². The van der Waals surface area contributed by atoms with E-state index < -0.39 is 0 Å². The average Bonchev–Trinajstić information content (AvgIpc) is 3.09. The highest BCUT2D eigenvalue weighted by Gasteiger charge is 2.57. The minimum Gasteiger partial charge on any atom is -0.378 e. The van der Waals surface area contributed by atoms with E-state index in [4.69, 9.17) is 4.74 Å². The number of nitrogens with zero attached hydrogens (tertiary/aromatic N) is 2. The summed E-state index contributed by atoms with van der Waals surface area (Å²) in [6.07, 6.45) is 9.69. The molecule has 2 atom stereocenters. The van der Waals surface area contributed by atoms with Crippen LogP contribution >= 0.6 is 0 Å². The second kappa shape index (κ2) is 5.56. The highest BCUT2D eigenvalue weighted by atomic mass is 16.5. The van der Waals surface area contributed by atoms with E-state index in [-0.39, 0.29) is 17.4 Å². The van der Waals surface area contributed by atoms with Crippen molar-refractivity contribution < 1.29 is 9.53 Å². The summed E-state index contributed by atoms with van der Waals surface area (Å²) >= 11 is 0. The molecule has 5 heteroatoms.